The van der Waals surface area contributed by atoms with E-state index in [1.54, 1.807) is 24.3 Å². The number of fused-ring (bicyclic) bond motifs is 1. The van der Waals surface area contributed by atoms with Crippen molar-refractivity contribution in [2.45, 2.75) is 9.79 Å². The molecule has 4 aromatic rings. The van der Waals surface area contributed by atoms with E-state index in [1.165, 1.54) is 24.3 Å². The van der Waals surface area contributed by atoms with E-state index < -0.39 is 63.6 Å². The van der Waals surface area contributed by atoms with Crippen LogP contribution in [0.25, 0.3) is 10.8 Å². The Morgan fingerprint density at radius 2 is 1.20 bits per heavy atom. The topological polar surface area (TPSA) is 210 Å². The van der Waals surface area contributed by atoms with Crippen molar-refractivity contribution in [3.8, 4) is 5.75 Å². The van der Waals surface area contributed by atoms with Crippen LogP contribution in [0.5, 0.6) is 5.75 Å². The molecule has 0 saturated heterocycles. The number of hydrogen-bond acceptors (Lipinski definition) is 11. The summed E-state index contributed by atoms with van der Waals surface area (Å²) in [5, 5.41) is 27.9. The quantitative estimate of drug-likeness (QED) is 0.124. The molecule has 0 spiro atoms. The molecule has 0 amide bonds. The number of nitrogens with zero attached hydrogens (tertiary/aromatic N) is 4. The number of benzene rings is 4. The van der Waals surface area contributed by atoms with Crippen LogP contribution < -0.4 is 70.0 Å². The van der Waals surface area contributed by atoms with Gasteiger partial charge < -0.3 is 15.4 Å². The van der Waals surface area contributed by atoms with E-state index in [-0.39, 0.29) is 80.5 Å². The first-order chi connectivity index (χ1) is 17.8. The van der Waals surface area contributed by atoms with Gasteiger partial charge in [0.25, 0.3) is 10.1 Å². The molecule has 0 aliphatic rings. The fourth-order valence-electron chi connectivity index (χ4n) is 3.35. The molecule has 0 unspecified atom stereocenters. The molecule has 196 valence electrons. The molecular formula is C22H13Cl2N5Na2O7S2. The van der Waals surface area contributed by atoms with E-state index in [2.05, 4.69) is 20.5 Å². The summed E-state index contributed by atoms with van der Waals surface area (Å²) in [7, 11) is -10.4. The summed E-state index contributed by atoms with van der Waals surface area (Å²) >= 11 is 12.0. The maximum absolute atomic E-state index is 13.4. The Kier molecular flexibility index (Phi) is 11.7. The van der Waals surface area contributed by atoms with Crippen molar-refractivity contribution < 1.29 is 90.2 Å². The van der Waals surface area contributed by atoms with Crippen LogP contribution in [-0.4, -0.2) is 25.9 Å². The molecule has 40 heavy (non-hydrogen) atoms. The van der Waals surface area contributed by atoms with Crippen LogP contribution in [0.4, 0.5) is 28.4 Å². The van der Waals surface area contributed by atoms with Crippen molar-refractivity contribution in [2.75, 3.05) is 5.73 Å². The molecule has 4 rings (SSSR count). The predicted octanol–water partition coefficient (Wildman–Crippen LogP) is -0.208. The smallest absolute Gasteiger partial charge is 0.870 e. The second-order valence-corrected chi connectivity index (χ2v) is 11.1. The van der Waals surface area contributed by atoms with Gasteiger partial charge in [0, 0.05) is 5.39 Å². The zero-order valence-corrected chi connectivity index (χ0v) is 27.8. The molecule has 0 aliphatic carbocycles. The number of halogens is 2. The van der Waals surface area contributed by atoms with Crippen molar-refractivity contribution in [3.63, 3.8) is 0 Å². The molecule has 0 heterocycles. The Labute approximate surface area is 282 Å². The summed E-state index contributed by atoms with van der Waals surface area (Å²) in [4.78, 5) is -2.01. The minimum absolute atomic E-state index is 0. The number of nitrogen functional groups attached to an aromatic ring is 1. The first-order valence-electron chi connectivity index (χ1n) is 10.1. The summed E-state index contributed by atoms with van der Waals surface area (Å²) in [6.45, 7) is 0. The largest absolute Gasteiger partial charge is 1.00 e. The third-order valence-electron chi connectivity index (χ3n) is 5.06. The average Bonchev–Trinajstić information content (AvgIpc) is 2.83. The van der Waals surface area contributed by atoms with Gasteiger partial charge in [0.15, 0.2) is 0 Å². The fraction of sp³-hybridized carbons (Fsp3) is 0. The summed E-state index contributed by atoms with van der Waals surface area (Å²) < 4.78 is 70.0. The van der Waals surface area contributed by atoms with Crippen LogP contribution in [0.2, 0.25) is 10.0 Å². The molecule has 0 bridgehead atoms. The van der Waals surface area contributed by atoms with Crippen LogP contribution >= 0.6 is 23.2 Å². The monoisotopic (exact) mass is 639 g/mol. The molecule has 18 heteroatoms. The van der Waals surface area contributed by atoms with Gasteiger partial charge in [-0.2, -0.15) is 8.42 Å². The second kappa shape index (κ2) is 13.5. The van der Waals surface area contributed by atoms with Gasteiger partial charge >= 0.3 is 59.1 Å². The van der Waals surface area contributed by atoms with Crippen LogP contribution in [0.3, 0.4) is 0 Å². The van der Waals surface area contributed by atoms with Crippen LogP contribution in [0.15, 0.2) is 90.9 Å². The molecule has 4 aromatic carbocycles. The summed E-state index contributed by atoms with van der Waals surface area (Å²) in [5.41, 5.74) is 4.11. The fourth-order valence-corrected chi connectivity index (χ4v) is 5.01. The Morgan fingerprint density at radius 1 is 0.750 bits per heavy atom. The van der Waals surface area contributed by atoms with Crippen molar-refractivity contribution in [1.29, 1.82) is 0 Å². The van der Waals surface area contributed by atoms with E-state index >= 15 is 0 Å². The van der Waals surface area contributed by atoms with Gasteiger partial charge in [0.05, 0.1) is 26.3 Å². The van der Waals surface area contributed by atoms with Gasteiger partial charge in [-0.25, -0.2) is 8.42 Å². The zero-order valence-electron chi connectivity index (χ0n) is 20.6. The first-order valence-corrected chi connectivity index (χ1v) is 13.8. The van der Waals surface area contributed by atoms with E-state index in [0.29, 0.717) is 6.07 Å². The molecule has 0 fully saturated rings. The molecule has 0 atom stereocenters. The third-order valence-corrected chi connectivity index (χ3v) is 7.42. The second-order valence-electron chi connectivity index (χ2n) is 7.52. The first kappa shape index (κ1) is 34.5. The Morgan fingerprint density at radius 3 is 1.65 bits per heavy atom. The number of anilines is 1. The van der Waals surface area contributed by atoms with Gasteiger partial charge in [-0.3, -0.25) is 4.55 Å². The maximum atomic E-state index is 13.4. The normalized spacial score (nSPS) is 12.0. The van der Waals surface area contributed by atoms with Crippen LogP contribution in [-0.2, 0) is 20.2 Å². The van der Waals surface area contributed by atoms with Crippen LogP contribution in [0.1, 0.15) is 0 Å². The van der Waals surface area contributed by atoms with E-state index in [4.69, 9.17) is 28.9 Å². The van der Waals surface area contributed by atoms with E-state index in [9.17, 15) is 31.0 Å². The van der Waals surface area contributed by atoms with Gasteiger partial charge in [0.1, 0.15) is 32.1 Å². The molecule has 0 radical (unpaired) electrons. The van der Waals surface area contributed by atoms with Gasteiger partial charge in [-0.05, 0) is 41.8 Å². The summed E-state index contributed by atoms with van der Waals surface area (Å²) in [6.07, 6.45) is 0. The predicted molar refractivity (Wildman–Crippen MR) is 137 cm³/mol. The SMILES string of the molecule is Nc1c(N=Nc2ccccc2Cl)c(S(=O)(=O)[O-])cc2cc(S(=O)(=O)O)c(N=Nc3ccccc3Cl)c([O-])c12.[Na+].[Na+]. The Hall–Kier alpha value is -1.66. The molecule has 0 saturated carbocycles. The summed E-state index contributed by atoms with van der Waals surface area (Å²) in [5.74, 6) is -1.16. The number of hydrogen-bond donors (Lipinski definition) is 2. The van der Waals surface area contributed by atoms with Crippen molar-refractivity contribution >= 4 is 82.6 Å². The minimum atomic E-state index is -5.27. The standard InChI is InChI=1S/C22H15Cl2N5O7S2.2Na/c23-12-5-1-3-7-14(12)26-28-20-16(37(31,32)33)9-11-10-17(38(34,35)36)21(22(30)18(11)19(20)25)29-27-15-8-4-2-6-13(15)24;;/h1-10,30H,25H2,(H,31,32,33)(H,34,35,36);;/q;2*+1/p-2. The number of rotatable bonds is 6. The summed E-state index contributed by atoms with van der Waals surface area (Å²) in [6, 6.07) is 13.6. The Bertz CT molecular complexity index is 1760. The van der Waals surface area contributed by atoms with E-state index in [0.717, 1.165) is 6.07 Å². The molecule has 3 N–H and O–H groups in total. The van der Waals surface area contributed by atoms with Gasteiger partial charge in [0.2, 0.25) is 0 Å². The van der Waals surface area contributed by atoms with Gasteiger partial charge in [-0.15, -0.1) is 20.5 Å². The maximum Gasteiger partial charge on any atom is 1.00 e. The number of nitrogens with two attached hydrogens (primary N) is 1. The average molecular weight is 640 g/mol. The molecule has 0 aliphatic heterocycles. The zero-order chi connectivity index (χ0) is 27.8. The van der Waals surface area contributed by atoms with Crippen molar-refractivity contribution in [2.24, 2.45) is 20.5 Å². The third kappa shape index (κ3) is 7.40. The van der Waals surface area contributed by atoms with Gasteiger partial charge in [-0.1, -0.05) is 53.2 Å². The van der Waals surface area contributed by atoms with Crippen molar-refractivity contribution in [3.05, 3.63) is 70.7 Å². The molecular weight excluding hydrogens is 627 g/mol. The molecule has 0 aromatic heterocycles. The minimum Gasteiger partial charge on any atom is -0.870 e. The van der Waals surface area contributed by atoms with Crippen LogP contribution in [0, 0.1) is 0 Å². The molecule has 12 nitrogen and oxygen atoms in total. The number of azo groups is 2. The van der Waals surface area contributed by atoms with E-state index in [1.807, 2.05) is 0 Å². The Balaban J connectivity index is 0.00000280. The van der Waals surface area contributed by atoms with Crippen molar-refractivity contribution in [1.82, 2.24) is 0 Å².